The highest BCUT2D eigenvalue weighted by Gasteiger charge is 2.15. The molecule has 0 aliphatic heterocycles. The second-order valence-corrected chi connectivity index (χ2v) is 3.99. The van der Waals surface area contributed by atoms with Gasteiger partial charge in [0.25, 0.3) is 5.69 Å². The third kappa shape index (κ3) is 3.96. The molecule has 0 atom stereocenters. The largest absolute Gasteiger partial charge is 0.481 e. The van der Waals surface area contributed by atoms with Gasteiger partial charge in [0, 0.05) is 31.8 Å². The lowest BCUT2D eigenvalue weighted by Crippen LogP contribution is -2.19. The molecule has 19 heavy (non-hydrogen) atoms. The normalized spacial score (nSPS) is 9.68. The quantitative estimate of drug-likeness (QED) is 0.619. The molecule has 7 heteroatoms. The molecule has 0 saturated carbocycles. The van der Waals surface area contributed by atoms with Gasteiger partial charge in [0.05, 0.1) is 4.92 Å². The van der Waals surface area contributed by atoms with Gasteiger partial charge in [0.1, 0.15) is 11.6 Å². The fraction of sp³-hybridized carbons (Fsp3) is 0.333. The standard InChI is InChI=1S/C12H13N3O4/c1-14(6-2-3-12(16)17)10-4-5-11(15(18)19)9(7-10)8-13/h4-5,7H,2-3,6H2,1H3,(H,16,17). The number of rotatable bonds is 6. The van der Waals surface area contributed by atoms with E-state index in [9.17, 15) is 14.9 Å². The van der Waals surface area contributed by atoms with Gasteiger partial charge in [-0.1, -0.05) is 0 Å². The average Bonchev–Trinajstić information content (AvgIpc) is 2.37. The summed E-state index contributed by atoms with van der Waals surface area (Å²) < 4.78 is 0. The summed E-state index contributed by atoms with van der Waals surface area (Å²) in [6, 6.07) is 6.03. The van der Waals surface area contributed by atoms with Gasteiger partial charge in [0.15, 0.2) is 0 Å². The van der Waals surface area contributed by atoms with Crippen LogP contribution in [0.15, 0.2) is 18.2 Å². The van der Waals surface area contributed by atoms with E-state index in [4.69, 9.17) is 10.4 Å². The molecule has 0 fully saturated rings. The third-order valence-electron chi connectivity index (χ3n) is 2.62. The smallest absolute Gasteiger partial charge is 0.303 e. The van der Waals surface area contributed by atoms with Gasteiger partial charge in [-0.15, -0.1) is 0 Å². The van der Waals surface area contributed by atoms with Crippen LogP contribution in [0.3, 0.4) is 0 Å². The number of nitro groups is 1. The number of benzene rings is 1. The zero-order valence-electron chi connectivity index (χ0n) is 10.4. The summed E-state index contributed by atoms with van der Waals surface area (Å²) in [4.78, 5) is 22.2. The Morgan fingerprint density at radius 1 is 1.58 bits per heavy atom. The van der Waals surface area contributed by atoms with Crippen molar-refractivity contribution in [1.82, 2.24) is 0 Å². The van der Waals surface area contributed by atoms with Crippen molar-refractivity contribution in [3.63, 3.8) is 0 Å². The summed E-state index contributed by atoms with van der Waals surface area (Å²) in [6.45, 7) is 0.495. The lowest BCUT2D eigenvalue weighted by Gasteiger charge is -2.18. The SMILES string of the molecule is CN(CCCC(=O)O)c1ccc([N+](=O)[O-])c(C#N)c1. The summed E-state index contributed by atoms with van der Waals surface area (Å²) >= 11 is 0. The molecule has 0 bridgehead atoms. The second kappa shape index (κ2) is 6.35. The van der Waals surface area contributed by atoms with Crippen molar-refractivity contribution in [3.05, 3.63) is 33.9 Å². The maximum Gasteiger partial charge on any atom is 0.303 e. The molecule has 1 rings (SSSR count). The molecule has 0 unspecified atom stereocenters. The van der Waals surface area contributed by atoms with Crippen molar-refractivity contribution in [1.29, 1.82) is 5.26 Å². The van der Waals surface area contributed by atoms with Crippen LogP contribution in [0.4, 0.5) is 11.4 Å². The summed E-state index contributed by atoms with van der Waals surface area (Å²) in [5, 5.41) is 28.1. The number of aliphatic carboxylic acids is 1. The first-order chi connectivity index (χ1) is 8.95. The highest BCUT2D eigenvalue weighted by atomic mass is 16.6. The molecule has 0 amide bonds. The van der Waals surface area contributed by atoms with Crippen LogP contribution in [-0.4, -0.2) is 29.6 Å². The first kappa shape index (κ1) is 14.4. The lowest BCUT2D eigenvalue weighted by molar-refractivity contribution is -0.385. The topological polar surface area (TPSA) is 107 Å². The summed E-state index contributed by atoms with van der Waals surface area (Å²) in [5.74, 6) is -0.866. The van der Waals surface area contributed by atoms with E-state index in [-0.39, 0.29) is 17.7 Å². The van der Waals surface area contributed by atoms with Gasteiger partial charge >= 0.3 is 5.97 Å². The molecule has 0 aromatic heterocycles. The molecule has 0 saturated heterocycles. The average molecular weight is 263 g/mol. The van der Waals surface area contributed by atoms with Crippen molar-refractivity contribution in [2.75, 3.05) is 18.5 Å². The van der Waals surface area contributed by atoms with Gasteiger partial charge in [-0.05, 0) is 18.6 Å². The Labute approximate surface area is 109 Å². The van der Waals surface area contributed by atoms with Gasteiger partial charge in [0.2, 0.25) is 0 Å². The van der Waals surface area contributed by atoms with E-state index < -0.39 is 10.9 Å². The minimum absolute atomic E-state index is 0.00687. The fourth-order valence-electron chi connectivity index (χ4n) is 1.61. The van der Waals surface area contributed by atoms with Gasteiger partial charge < -0.3 is 10.0 Å². The Morgan fingerprint density at radius 2 is 2.26 bits per heavy atom. The molecule has 0 aliphatic carbocycles. The Hall–Kier alpha value is -2.62. The molecule has 1 aromatic rings. The van der Waals surface area contributed by atoms with E-state index in [1.54, 1.807) is 24.1 Å². The number of carboxylic acids is 1. The summed E-state index contributed by atoms with van der Waals surface area (Å²) in [6.07, 6.45) is 0.521. The maximum atomic E-state index is 10.7. The number of hydrogen-bond donors (Lipinski definition) is 1. The number of nitrogens with zero attached hydrogens (tertiary/aromatic N) is 3. The van der Waals surface area contributed by atoms with Crippen LogP contribution in [0.25, 0.3) is 0 Å². The Morgan fingerprint density at radius 3 is 2.79 bits per heavy atom. The van der Waals surface area contributed by atoms with Crippen LogP contribution in [0, 0.1) is 21.4 Å². The predicted molar refractivity (Wildman–Crippen MR) is 68.0 cm³/mol. The molecule has 0 aliphatic rings. The van der Waals surface area contributed by atoms with Crippen LogP contribution in [0.1, 0.15) is 18.4 Å². The number of anilines is 1. The highest BCUT2D eigenvalue weighted by molar-refractivity contribution is 5.66. The molecular formula is C12H13N3O4. The minimum atomic E-state index is -0.866. The van der Waals surface area contributed by atoms with Gasteiger partial charge in [-0.2, -0.15) is 5.26 Å². The zero-order chi connectivity index (χ0) is 14.4. The van der Waals surface area contributed by atoms with E-state index in [0.29, 0.717) is 18.7 Å². The lowest BCUT2D eigenvalue weighted by atomic mass is 10.1. The first-order valence-corrected chi connectivity index (χ1v) is 5.57. The van der Waals surface area contributed by atoms with E-state index in [1.165, 1.54) is 12.1 Å². The van der Waals surface area contributed by atoms with E-state index >= 15 is 0 Å². The second-order valence-electron chi connectivity index (χ2n) is 3.99. The van der Waals surface area contributed by atoms with Crippen molar-refractivity contribution >= 4 is 17.3 Å². The van der Waals surface area contributed by atoms with Gasteiger partial charge in [-0.3, -0.25) is 14.9 Å². The van der Waals surface area contributed by atoms with Crippen molar-refractivity contribution in [2.24, 2.45) is 0 Å². The number of nitro benzene ring substituents is 1. The molecule has 7 nitrogen and oxygen atoms in total. The molecule has 1 N–H and O–H groups in total. The molecule has 0 radical (unpaired) electrons. The Kier molecular flexibility index (Phi) is 4.83. The monoisotopic (exact) mass is 263 g/mol. The number of hydrogen-bond acceptors (Lipinski definition) is 5. The Balaban J connectivity index is 2.82. The molecule has 0 heterocycles. The summed E-state index contributed by atoms with van der Waals surface area (Å²) in [7, 11) is 1.74. The van der Waals surface area contributed by atoms with E-state index in [1.807, 2.05) is 0 Å². The van der Waals surface area contributed by atoms with Crippen LogP contribution in [0.5, 0.6) is 0 Å². The molecule has 0 spiro atoms. The molecule has 100 valence electrons. The van der Waals surface area contributed by atoms with Crippen molar-refractivity contribution in [2.45, 2.75) is 12.8 Å². The van der Waals surface area contributed by atoms with Crippen molar-refractivity contribution < 1.29 is 14.8 Å². The van der Waals surface area contributed by atoms with Gasteiger partial charge in [-0.25, -0.2) is 0 Å². The van der Waals surface area contributed by atoms with Crippen LogP contribution >= 0.6 is 0 Å². The Bertz CT molecular complexity index is 536. The number of carboxylic acid groups (broad SMARTS) is 1. The first-order valence-electron chi connectivity index (χ1n) is 5.57. The van der Waals surface area contributed by atoms with Crippen LogP contribution < -0.4 is 4.90 Å². The third-order valence-corrected chi connectivity index (χ3v) is 2.62. The van der Waals surface area contributed by atoms with E-state index in [0.717, 1.165) is 0 Å². The zero-order valence-corrected chi connectivity index (χ0v) is 10.4. The number of nitriles is 1. The molecule has 1 aromatic carbocycles. The highest BCUT2D eigenvalue weighted by Crippen LogP contribution is 2.23. The van der Waals surface area contributed by atoms with E-state index in [2.05, 4.69) is 0 Å². The maximum absolute atomic E-state index is 10.7. The molecular weight excluding hydrogens is 250 g/mol. The minimum Gasteiger partial charge on any atom is -0.481 e. The number of carbonyl (C=O) groups is 1. The fourth-order valence-corrected chi connectivity index (χ4v) is 1.61. The van der Waals surface area contributed by atoms with Crippen molar-refractivity contribution in [3.8, 4) is 6.07 Å². The predicted octanol–water partition coefficient (Wildman–Crippen LogP) is 1.77. The summed E-state index contributed by atoms with van der Waals surface area (Å²) in [5.41, 5.74) is 0.408. The van der Waals surface area contributed by atoms with Crippen LogP contribution in [0.2, 0.25) is 0 Å². The van der Waals surface area contributed by atoms with Crippen LogP contribution in [-0.2, 0) is 4.79 Å².